The first-order valence-electron chi connectivity index (χ1n) is 8.75. The Hall–Kier alpha value is -0.614. The van der Waals surface area contributed by atoms with Gasteiger partial charge in [-0.3, -0.25) is 4.18 Å². The van der Waals surface area contributed by atoms with Crippen LogP contribution in [0.3, 0.4) is 0 Å². The van der Waals surface area contributed by atoms with Crippen LogP contribution < -0.4 is 51.4 Å². The van der Waals surface area contributed by atoms with E-state index in [1.165, 1.54) is 0 Å². The van der Waals surface area contributed by atoms with E-state index >= 15 is 0 Å². The van der Waals surface area contributed by atoms with Gasteiger partial charge in [0.2, 0.25) is 10.4 Å². The minimum Gasteiger partial charge on any atom is -0.726 e. The van der Waals surface area contributed by atoms with E-state index in [9.17, 15) is 13.0 Å². The Labute approximate surface area is 220 Å². The van der Waals surface area contributed by atoms with Gasteiger partial charge in [-0.05, 0) is 26.0 Å². The molecule has 0 aromatic carbocycles. The van der Waals surface area contributed by atoms with Crippen molar-refractivity contribution in [1.29, 1.82) is 0 Å². The first-order chi connectivity index (χ1) is 13.8. The van der Waals surface area contributed by atoms with Crippen molar-refractivity contribution in [2.45, 2.75) is 13.8 Å². The van der Waals surface area contributed by atoms with Crippen LogP contribution in [-0.2, 0) is 28.8 Å². The maximum atomic E-state index is 10.2. The third-order valence-electron chi connectivity index (χ3n) is 3.71. The van der Waals surface area contributed by atoms with Crippen LogP contribution in [0.15, 0.2) is 34.9 Å². The summed E-state index contributed by atoms with van der Waals surface area (Å²) in [5, 5.41) is 0. The van der Waals surface area contributed by atoms with Gasteiger partial charge in [0, 0.05) is 17.9 Å². The van der Waals surface area contributed by atoms with Gasteiger partial charge in [-0.25, -0.2) is 8.42 Å². The summed E-state index contributed by atoms with van der Waals surface area (Å²) in [6.07, 6.45) is 3.64. The van der Waals surface area contributed by atoms with Crippen molar-refractivity contribution in [3.05, 3.63) is 57.8 Å². The topological polar surface area (TPSA) is 106 Å². The summed E-state index contributed by atoms with van der Waals surface area (Å²) in [5.74, 6) is 0.0590. The predicted octanol–water partition coefficient (Wildman–Crippen LogP) is -1.31. The van der Waals surface area contributed by atoms with E-state index in [1.807, 2.05) is 30.9 Å². The summed E-state index contributed by atoms with van der Waals surface area (Å²) in [7, 11) is -4.67. The SMILES string of the molecule is [C-]#[N+]C([N+]#[C-])=C1C=C(C)N(CCOCCOCCOCCOS(=O)(=O)[O-])C(C)=C1.[K+]. The maximum Gasteiger partial charge on any atom is 1.00 e. The molecule has 0 radical (unpaired) electrons. The molecule has 30 heavy (non-hydrogen) atoms. The fourth-order valence-electron chi connectivity index (χ4n) is 2.45. The summed E-state index contributed by atoms with van der Waals surface area (Å²) in [6.45, 7) is 20.1. The van der Waals surface area contributed by atoms with Gasteiger partial charge >= 0.3 is 57.2 Å². The van der Waals surface area contributed by atoms with Gasteiger partial charge in [0.15, 0.2) is 0 Å². The first-order valence-corrected chi connectivity index (χ1v) is 10.1. The van der Waals surface area contributed by atoms with E-state index in [0.29, 0.717) is 38.5 Å². The number of rotatable bonds is 13. The Morgan fingerprint density at radius 3 is 1.80 bits per heavy atom. The monoisotopic (exact) mass is 465 g/mol. The van der Waals surface area contributed by atoms with Crippen LogP contribution in [0.2, 0.25) is 0 Å². The summed E-state index contributed by atoms with van der Waals surface area (Å²) in [6, 6.07) is 0. The summed E-state index contributed by atoms with van der Waals surface area (Å²) < 4.78 is 50.5. The van der Waals surface area contributed by atoms with E-state index in [-0.39, 0.29) is 77.0 Å². The van der Waals surface area contributed by atoms with E-state index in [1.54, 1.807) is 0 Å². The largest absolute Gasteiger partial charge is 1.00 e. The Bertz CT molecular complexity index is 788. The van der Waals surface area contributed by atoms with Gasteiger partial charge in [-0.15, -0.1) is 0 Å². The van der Waals surface area contributed by atoms with Crippen molar-refractivity contribution in [2.75, 3.05) is 52.8 Å². The molecule has 12 heteroatoms. The molecule has 1 heterocycles. The van der Waals surface area contributed by atoms with Crippen LogP contribution in [0.5, 0.6) is 0 Å². The van der Waals surface area contributed by atoms with Crippen LogP contribution in [0.4, 0.5) is 0 Å². The molecule has 0 amide bonds. The van der Waals surface area contributed by atoms with E-state index in [2.05, 4.69) is 13.9 Å². The third-order valence-corrected chi connectivity index (χ3v) is 4.16. The van der Waals surface area contributed by atoms with Crippen molar-refractivity contribution >= 4 is 10.4 Å². The van der Waals surface area contributed by atoms with Crippen LogP contribution >= 0.6 is 0 Å². The Morgan fingerprint density at radius 1 is 0.933 bits per heavy atom. The second kappa shape index (κ2) is 16.1. The smallest absolute Gasteiger partial charge is 0.726 e. The van der Waals surface area contributed by atoms with Crippen molar-refractivity contribution in [1.82, 2.24) is 4.90 Å². The van der Waals surface area contributed by atoms with Gasteiger partial charge in [0.05, 0.1) is 51.8 Å². The second-order valence-electron chi connectivity index (χ2n) is 5.79. The van der Waals surface area contributed by atoms with E-state index < -0.39 is 10.4 Å². The molecule has 0 fully saturated rings. The number of hydrogen-bond donors (Lipinski definition) is 0. The Kier molecular flexibility index (Phi) is 15.8. The molecule has 0 spiro atoms. The Morgan fingerprint density at radius 2 is 1.37 bits per heavy atom. The van der Waals surface area contributed by atoms with Crippen molar-refractivity contribution < 1.29 is 82.7 Å². The molecule has 0 atom stereocenters. The summed E-state index contributed by atoms with van der Waals surface area (Å²) >= 11 is 0. The van der Waals surface area contributed by atoms with Gasteiger partial charge < -0.3 is 23.7 Å². The fourth-order valence-corrected chi connectivity index (χ4v) is 2.73. The standard InChI is InChI=1S/C18H25N3O7S.K/c1-15-13-17(18(19-3)20-4)14-16(2)21(15)5-6-25-7-8-26-9-10-27-11-12-28-29(22,23)24;/h13-14H,5-12H2,1-2H3,(H,22,23,24);/q;+1/p-1. The minimum atomic E-state index is -4.67. The van der Waals surface area contributed by atoms with Gasteiger partial charge in [-0.1, -0.05) is 0 Å². The molecule has 1 aliphatic rings. The van der Waals surface area contributed by atoms with E-state index in [4.69, 9.17) is 27.4 Å². The molecule has 0 unspecified atom stereocenters. The second-order valence-corrected chi connectivity index (χ2v) is 6.85. The minimum absolute atomic E-state index is 0. The number of allylic oxidation sites excluding steroid dienone is 5. The van der Waals surface area contributed by atoms with Gasteiger partial charge in [-0.2, -0.15) is 9.69 Å². The molecule has 0 saturated heterocycles. The zero-order valence-corrected chi connectivity index (χ0v) is 21.4. The number of ether oxygens (including phenoxy) is 3. The third kappa shape index (κ3) is 12.3. The molecular formula is C18H24KN3O7S. The van der Waals surface area contributed by atoms with Crippen LogP contribution in [-0.4, -0.2) is 70.7 Å². The quantitative estimate of drug-likeness (QED) is 0.109. The maximum absolute atomic E-state index is 10.2. The molecule has 160 valence electrons. The Balaban J connectivity index is 0.00000841. The molecule has 0 aromatic rings. The number of nitrogens with zero attached hydrogens (tertiary/aromatic N) is 3. The zero-order chi connectivity index (χ0) is 21.7. The average molecular weight is 466 g/mol. The summed E-state index contributed by atoms with van der Waals surface area (Å²) in [4.78, 5) is 8.54. The summed E-state index contributed by atoms with van der Waals surface area (Å²) in [5.41, 5.74) is 2.50. The van der Waals surface area contributed by atoms with Crippen molar-refractivity contribution in [3.8, 4) is 0 Å². The molecule has 0 aromatic heterocycles. The molecule has 0 N–H and O–H groups in total. The van der Waals surface area contributed by atoms with Gasteiger partial charge in [0.25, 0.3) is 0 Å². The van der Waals surface area contributed by atoms with Crippen molar-refractivity contribution in [3.63, 3.8) is 0 Å². The molecule has 0 aliphatic carbocycles. The number of hydrogen-bond acceptors (Lipinski definition) is 8. The normalized spacial score (nSPS) is 13.6. The zero-order valence-electron chi connectivity index (χ0n) is 17.4. The van der Waals surface area contributed by atoms with E-state index in [0.717, 1.165) is 11.4 Å². The van der Waals surface area contributed by atoms with Crippen LogP contribution in [0.1, 0.15) is 13.8 Å². The fraction of sp³-hybridized carbons (Fsp3) is 0.556. The van der Waals surface area contributed by atoms with Crippen molar-refractivity contribution in [2.24, 2.45) is 0 Å². The molecule has 1 rings (SSSR count). The molecule has 0 bridgehead atoms. The predicted molar refractivity (Wildman–Crippen MR) is 103 cm³/mol. The van der Waals surface area contributed by atoms with Crippen LogP contribution in [0, 0.1) is 13.1 Å². The molecule has 1 aliphatic heterocycles. The average Bonchev–Trinajstić information content (AvgIpc) is 2.64. The molecular weight excluding hydrogens is 441 g/mol. The van der Waals surface area contributed by atoms with Gasteiger partial charge in [0.1, 0.15) is 13.1 Å². The molecule has 0 saturated carbocycles. The van der Waals surface area contributed by atoms with Crippen LogP contribution in [0.25, 0.3) is 9.69 Å². The first kappa shape index (κ1) is 29.4. The molecule has 10 nitrogen and oxygen atoms in total.